The van der Waals surface area contributed by atoms with E-state index in [-0.39, 0.29) is 16.9 Å². The van der Waals surface area contributed by atoms with Crippen molar-refractivity contribution in [2.75, 3.05) is 38.2 Å². The van der Waals surface area contributed by atoms with Crippen molar-refractivity contribution in [2.24, 2.45) is 0 Å². The highest BCUT2D eigenvalue weighted by Crippen LogP contribution is 2.26. The molecule has 0 bridgehead atoms. The molecule has 0 aliphatic carbocycles. The number of morpholine rings is 1. The average Bonchev–Trinajstić information content (AvgIpc) is 2.80. The fourth-order valence-corrected chi connectivity index (χ4v) is 3.83. The lowest BCUT2D eigenvalue weighted by atomic mass is 10.1. The van der Waals surface area contributed by atoms with Crippen LogP contribution in [0, 0.1) is 0 Å². The molecule has 0 atom stereocenters. The number of amides is 2. The van der Waals surface area contributed by atoms with Gasteiger partial charge in [-0.15, -0.1) is 0 Å². The summed E-state index contributed by atoms with van der Waals surface area (Å²) in [5.41, 5.74) is 1.46. The van der Waals surface area contributed by atoms with Gasteiger partial charge in [0, 0.05) is 18.7 Å². The maximum Gasteiger partial charge on any atom is 0.257 e. The fourth-order valence-electron chi connectivity index (χ4n) is 3.13. The Labute approximate surface area is 201 Å². The van der Waals surface area contributed by atoms with Crippen molar-refractivity contribution in [3.8, 4) is 5.75 Å². The molecule has 7 nitrogen and oxygen atoms in total. The molecule has 2 aromatic carbocycles. The molecule has 0 spiro atoms. The number of ether oxygens (including phenoxy) is 2. The maximum atomic E-state index is 12.9. The molecule has 9 heteroatoms. The fraction of sp³-hybridized carbons (Fsp3) is 0.348. The predicted molar refractivity (Wildman–Crippen MR) is 131 cm³/mol. The lowest BCUT2D eigenvalue weighted by Gasteiger charge is -2.27. The van der Waals surface area contributed by atoms with Crippen molar-refractivity contribution in [3.05, 3.63) is 58.1 Å². The van der Waals surface area contributed by atoms with E-state index < -0.39 is 0 Å². The number of benzene rings is 2. The summed E-state index contributed by atoms with van der Waals surface area (Å²) >= 11 is 8.77. The van der Waals surface area contributed by atoms with Crippen LogP contribution in [0.2, 0.25) is 0 Å². The standard InChI is InChI=1S/C23H26BrN3O4S/c1-2-3-12-31-20-9-8-16(15-18(20)24)21(28)26-23(32)25-19-7-5-4-6-17(19)22(29)27-10-13-30-14-11-27/h4-9,15H,2-3,10-14H2,1H3,(H2,25,26,28,32). The second-order valence-electron chi connectivity index (χ2n) is 7.21. The minimum atomic E-state index is -0.361. The van der Waals surface area contributed by atoms with Gasteiger partial charge in [-0.25, -0.2) is 0 Å². The van der Waals surface area contributed by atoms with Crippen LogP contribution in [0.25, 0.3) is 0 Å². The third kappa shape index (κ3) is 6.51. The Balaban J connectivity index is 1.63. The first-order chi connectivity index (χ1) is 15.5. The average molecular weight is 520 g/mol. The first-order valence-corrected chi connectivity index (χ1v) is 11.7. The number of carbonyl (C=O) groups is 2. The molecule has 2 N–H and O–H groups in total. The Bertz CT molecular complexity index is 979. The highest BCUT2D eigenvalue weighted by atomic mass is 79.9. The van der Waals surface area contributed by atoms with Crippen LogP contribution in [-0.2, 0) is 4.74 Å². The molecule has 1 saturated heterocycles. The SMILES string of the molecule is CCCCOc1ccc(C(=O)NC(=S)Nc2ccccc2C(=O)N2CCOCC2)cc1Br. The van der Waals surface area contributed by atoms with E-state index in [1.165, 1.54) is 0 Å². The second-order valence-corrected chi connectivity index (χ2v) is 8.47. The predicted octanol–water partition coefficient (Wildman–Crippen LogP) is 4.23. The van der Waals surface area contributed by atoms with E-state index in [0.29, 0.717) is 59.9 Å². The second kappa shape index (κ2) is 11.9. The summed E-state index contributed by atoms with van der Waals surface area (Å²) in [6.45, 7) is 4.85. The van der Waals surface area contributed by atoms with Crippen molar-refractivity contribution in [3.63, 3.8) is 0 Å². The number of para-hydroxylation sites is 1. The van der Waals surface area contributed by atoms with Gasteiger partial charge in [-0.3, -0.25) is 14.9 Å². The maximum absolute atomic E-state index is 12.9. The number of hydrogen-bond donors (Lipinski definition) is 2. The molecule has 1 heterocycles. The molecule has 1 fully saturated rings. The summed E-state index contributed by atoms with van der Waals surface area (Å²) in [5, 5.41) is 5.75. The van der Waals surface area contributed by atoms with Crippen LogP contribution < -0.4 is 15.4 Å². The number of anilines is 1. The van der Waals surface area contributed by atoms with Crippen LogP contribution in [0.4, 0.5) is 5.69 Å². The van der Waals surface area contributed by atoms with E-state index >= 15 is 0 Å². The highest BCUT2D eigenvalue weighted by molar-refractivity contribution is 9.10. The van der Waals surface area contributed by atoms with E-state index in [1.807, 2.05) is 0 Å². The summed E-state index contributed by atoms with van der Waals surface area (Å²) in [6.07, 6.45) is 2.01. The number of nitrogens with zero attached hydrogens (tertiary/aromatic N) is 1. The molecule has 0 radical (unpaired) electrons. The number of nitrogens with one attached hydrogen (secondary N) is 2. The lowest BCUT2D eigenvalue weighted by molar-refractivity contribution is 0.0303. The van der Waals surface area contributed by atoms with Crippen LogP contribution in [0.3, 0.4) is 0 Å². The number of hydrogen-bond acceptors (Lipinski definition) is 5. The molecule has 32 heavy (non-hydrogen) atoms. The molecule has 1 aliphatic heterocycles. The number of rotatable bonds is 7. The van der Waals surface area contributed by atoms with E-state index in [1.54, 1.807) is 47.4 Å². The Kier molecular flexibility index (Phi) is 9.01. The van der Waals surface area contributed by atoms with Gasteiger partial charge >= 0.3 is 0 Å². The van der Waals surface area contributed by atoms with Crippen molar-refractivity contribution in [1.29, 1.82) is 0 Å². The zero-order chi connectivity index (χ0) is 22.9. The van der Waals surface area contributed by atoms with Crippen LogP contribution in [0.1, 0.15) is 40.5 Å². The van der Waals surface area contributed by atoms with Crippen molar-refractivity contribution in [1.82, 2.24) is 10.2 Å². The Morgan fingerprint density at radius 2 is 1.94 bits per heavy atom. The lowest BCUT2D eigenvalue weighted by Crippen LogP contribution is -2.41. The number of halogens is 1. The van der Waals surface area contributed by atoms with Gasteiger partial charge < -0.3 is 19.7 Å². The van der Waals surface area contributed by atoms with Crippen molar-refractivity contribution >= 4 is 50.8 Å². The summed E-state index contributed by atoms with van der Waals surface area (Å²) in [4.78, 5) is 27.3. The number of unbranched alkanes of at least 4 members (excludes halogenated alkanes) is 1. The monoisotopic (exact) mass is 519 g/mol. The topological polar surface area (TPSA) is 79.9 Å². The first-order valence-electron chi connectivity index (χ1n) is 10.5. The Hall–Kier alpha value is -2.49. The smallest absolute Gasteiger partial charge is 0.257 e. The van der Waals surface area contributed by atoms with E-state index in [9.17, 15) is 9.59 Å². The molecular weight excluding hydrogens is 494 g/mol. The van der Waals surface area contributed by atoms with Crippen LogP contribution in [0.5, 0.6) is 5.75 Å². The molecule has 170 valence electrons. The minimum Gasteiger partial charge on any atom is -0.492 e. The first kappa shape index (κ1) is 24.2. The summed E-state index contributed by atoms with van der Waals surface area (Å²) in [5.74, 6) is 0.222. The van der Waals surface area contributed by atoms with Gasteiger partial charge in [-0.1, -0.05) is 25.5 Å². The zero-order valence-corrected chi connectivity index (χ0v) is 20.3. The van der Waals surface area contributed by atoms with E-state index in [4.69, 9.17) is 21.7 Å². The molecule has 2 amide bonds. The van der Waals surface area contributed by atoms with Crippen LogP contribution in [-0.4, -0.2) is 54.7 Å². The van der Waals surface area contributed by atoms with Gasteiger partial charge in [0.1, 0.15) is 5.75 Å². The van der Waals surface area contributed by atoms with Gasteiger partial charge in [0.25, 0.3) is 11.8 Å². The molecule has 3 rings (SSSR count). The van der Waals surface area contributed by atoms with Crippen molar-refractivity contribution in [2.45, 2.75) is 19.8 Å². The largest absolute Gasteiger partial charge is 0.492 e. The molecule has 1 aliphatic rings. The van der Waals surface area contributed by atoms with Gasteiger partial charge in [0.05, 0.1) is 35.5 Å². The highest BCUT2D eigenvalue weighted by Gasteiger charge is 2.21. The molecular formula is C23H26BrN3O4S. The van der Waals surface area contributed by atoms with E-state index in [2.05, 4.69) is 33.5 Å². The van der Waals surface area contributed by atoms with Gasteiger partial charge in [-0.05, 0) is 64.9 Å². The Morgan fingerprint density at radius 1 is 1.19 bits per heavy atom. The van der Waals surface area contributed by atoms with Gasteiger partial charge in [0.2, 0.25) is 0 Å². The van der Waals surface area contributed by atoms with Gasteiger partial charge in [0.15, 0.2) is 5.11 Å². The molecule has 0 unspecified atom stereocenters. The molecule has 2 aromatic rings. The third-order valence-corrected chi connectivity index (χ3v) is 5.70. The quantitative estimate of drug-likeness (QED) is 0.421. The number of carbonyl (C=O) groups excluding carboxylic acids is 2. The third-order valence-electron chi connectivity index (χ3n) is 4.88. The molecule has 0 saturated carbocycles. The van der Waals surface area contributed by atoms with E-state index in [0.717, 1.165) is 12.8 Å². The minimum absolute atomic E-state index is 0.104. The van der Waals surface area contributed by atoms with Crippen LogP contribution in [0.15, 0.2) is 46.9 Å². The summed E-state index contributed by atoms with van der Waals surface area (Å²) in [7, 11) is 0. The molecule has 0 aromatic heterocycles. The van der Waals surface area contributed by atoms with Gasteiger partial charge in [-0.2, -0.15) is 0 Å². The summed E-state index contributed by atoms with van der Waals surface area (Å²) < 4.78 is 11.7. The normalized spacial score (nSPS) is 13.4. The Morgan fingerprint density at radius 3 is 2.66 bits per heavy atom. The summed E-state index contributed by atoms with van der Waals surface area (Å²) in [6, 6.07) is 12.2. The number of thiocarbonyl (C=S) groups is 1. The van der Waals surface area contributed by atoms with Crippen molar-refractivity contribution < 1.29 is 19.1 Å². The van der Waals surface area contributed by atoms with Crippen LogP contribution >= 0.6 is 28.1 Å². The zero-order valence-electron chi connectivity index (χ0n) is 17.9.